The van der Waals surface area contributed by atoms with Crippen LogP contribution in [-0.4, -0.2) is 7.05 Å². The Labute approximate surface area is 127 Å². The summed E-state index contributed by atoms with van der Waals surface area (Å²) in [5, 5.41) is 3.54. The smallest absolute Gasteiger partial charge is 0.0355 e. The third-order valence-electron chi connectivity index (χ3n) is 5.32. The molecule has 0 aliphatic heterocycles. The molecule has 2 aromatic rings. The van der Waals surface area contributed by atoms with Gasteiger partial charge in [-0.15, -0.1) is 0 Å². The lowest BCUT2D eigenvalue weighted by atomic mass is 9.91. The van der Waals surface area contributed by atoms with Crippen molar-refractivity contribution >= 4 is 0 Å². The normalized spacial score (nSPS) is 23.1. The molecule has 0 spiro atoms. The Morgan fingerprint density at radius 2 is 1.86 bits per heavy atom. The third kappa shape index (κ3) is 2.30. The van der Waals surface area contributed by atoms with Crippen molar-refractivity contribution in [2.75, 3.05) is 7.05 Å². The number of aryl methyl sites for hydroxylation is 2. The highest BCUT2D eigenvalue weighted by Crippen LogP contribution is 2.38. The summed E-state index contributed by atoms with van der Waals surface area (Å²) in [7, 11) is 2.10. The molecule has 0 amide bonds. The van der Waals surface area contributed by atoms with E-state index in [0.29, 0.717) is 12.0 Å². The molecule has 2 atom stereocenters. The third-order valence-corrected chi connectivity index (χ3v) is 5.32. The van der Waals surface area contributed by atoms with Crippen molar-refractivity contribution in [2.24, 2.45) is 5.92 Å². The second-order valence-corrected chi connectivity index (χ2v) is 6.59. The average molecular weight is 277 g/mol. The lowest BCUT2D eigenvalue weighted by Crippen LogP contribution is -2.23. The van der Waals surface area contributed by atoms with Crippen LogP contribution in [0.1, 0.15) is 40.3 Å². The molecule has 2 aliphatic carbocycles. The maximum atomic E-state index is 3.54. The molecule has 2 unspecified atom stereocenters. The predicted molar refractivity (Wildman–Crippen MR) is 87.6 cm³/mol. The quantitative estimate of drug-likeness (QED) is 0.898. The van der Waals surface area contributed by atoms with E-state index in [0.717, 1.165) is 0 Å². The van der Waals surface area contributed by atoms with E-state index < -0.39 is 0 Å². The molecular weight excluding hydrogens is 254 g/mol. The minimum Gasteiger partial charge on any atom is -0.313 e. The van der Waals surface area contributed by atoms with Crippen LogP contribution in [0.25, 0.3) is 0 Å². The summed E-state index contributed by atoms with van der Waals surface area (Å²) < 4.78 is 0. The molecule has 0 radical (unpaired) electrons. The van der Waals surface area contributed by atoms with E-state index >= 15 is 0 Å². The highest BCUT2D eigenvalue weighted by atomic mass is 14.9. The zero-order valence-electron chi connectivity index (χ0n) is 12.7. The number of hydrogen-bond donors (Lipinski definition) is 1. The van der Waals surface area contributed by atoms with E-state index in [1.165, 1.54) is 48.8 Å². The number of rotatable bonds is 3. The zero-order chi connectivity index (χ0) is 14.2. The van der Waals surface area contributed by atoms with E-state index in [-0.39, 0.29) is 0 Å². The van der Waals surface area contributed by atoms with Gasteiger partial charge in [0.05, 0.1) is 0 Å². The molecule has 108 valence electrons. The van der Waals surface area contributed by atoms with Gasteiger partial charge in [-0.25, -0.2) is 0 Å². The van der Waals surface area contributed by atoms with Gasteiger partial charge < -0.3 is 5.32 Å². The summed E-state index contributed by atoms with van der Waals surface area (Å²) in [6.45, 7) is 0. The highest BCUT2D eigenvalue weighted by molar-refractivity contribution is 5.39. The first-order valence-electron chi connectivity index (χ1n) is 8.21. The molecule has 1 nitrogen and oxygen atoms in total. The molecule has 1 heteroatoms. The van der Waals surface area contributed by atoms with E-state index in [2.05, 4.69) is 54.8 Å². The largest absolute Gasteiger partial charge is 0.313 e. The van der Waals surface area contributed by atoms with Gasteiger partial charge >= 0.3 is 0 Å². The monoisotopic (exact) mass is 277 g/mol. The number of nitrogens with one attached hydrogen (secondary N) is 1. The van der Waals surface area contributed by atoms with Gasteiger partial charge in [-0.3, -0.25) is 0 Å². The Kier molecular flexibility index (Phi) is 3.31. The van der Waals surface area contributed by atoms with Gasteiger partial charge in [-0.05, 0) is 72.9 Å². The molecule has 0 bridgehead atoms. The second kappa shape index (κ2) is 5.31. The van der Waals surface area contributed by atoms with E-state index in [4.69, 9.17) is 0 Å². The molecule has 0 aromatic heterocycles. The van der Waals surface area contributed by atoms with Gasteiger partial charge in [0.25, 0.3) is 0 Å². The first-order valence-corrected chi connectivity index (χ1v) is 8.21. The minimum absolute atomic E-state index is 0.509. The highest BCUT2D eigenvalue weighted by Gasteiger charge is 2.31. The summed E-state index contributed by atoms with van der Waals surface area (Å²) in [5.74, 6) is 0.687. The van der Waals surface area contributed by atoms with Gasteiger partial charge in [0.2, 0.25) is 0 Å². The van der Waals surface area contributed by atoms with Crippen LogP contribution in [-0.2, 0) is 25.7 Å². The van der Waals surface area contributed by atoms with E-state index in [1.807, 2.05) is 0 Å². The molecule has 2 aliphatic rings. The van der Waals surface area contributed by atoms with Crippen LogP contribution in [0.2, 0.25) is 0 Å². The van der Waals surface area contributed by atoms with Crippen LogP contribution in [0.5, 0.6) is 0 Å². The Morgan fingerprint density at radius 1 is 1.00 bits per heavy atom. The van der Waals surface area contributed by atoms with Crippen molar-refractivity contribution in [3.8, 4) is 0 Å². The SMILES string of the molecule is CNC1c2ccccc2CC1Cc1ccc2c(c1)CCC2. The maximum Gasteiger partial charge on any atom is 0.0355 e. The van der Waals surface area contributed by atoms with Crippen LogP contribution < -0.4 is 5.32 Å². The maximum absolute atomic E-state index is 3.54. The van der Waals surface area contributed by atoms with Crippen molar-refractivity contribution in [1.29, 1.82) is 0 Å². The van der Waals surface area contributed by atoms with Crippen molar-refractivity contribution in [1.82, 2.24) is 5.32 Å². The van der Waals surface area contributed by atoms with Crippen molar-refractivity contribution < 1.29 is 0 Å². The van der Waals surface area contributed by atoms with E-state index in [1.54, 1.807) is 11.1 Å². The van der Waals surface area contributed by atoms with Gasteiger partial charge in [-0.2, -0.15) is 0 Å². The van der Waals surface area contributed by atoms with Crippen molar-refractivity contribution in [3.05, 3.63) is 70.3 Å². The average Bonchev–Trinajstić information content (AvgIpc) is 3.10. The number of fused-ring (bicyclic) bond motifs is 2. The molecule has 0 fully saturated rings. The summed E-state index contributed by atoms with van der Waals surface area (Å²) in [4.78, 5) is 0. The minimum atomic E-state index is 0.509. The summed E-state index contributed by atoms with van der Waals surface area (Å²) >= 11 is 0. The van der Waals surface area contributed by atoms with Gasteiger partial charge in [0.15, 0.2) is 0 Å². The van der Waals surface area contributed by atoms with Crippen LogP contribution in [0.4, 0.5) is 0 Å². The molecule has 0 saturated heterocycles. The Bertz CT molecular complexity index is 659. The lowest BCUT2D eigenvalue weighted by molar-refractivity contribution is 0.410. The van der Waals surface area contributed by atoms with Gasteiger partial charge in [0, 0.05) is 6.04 Å². The predicted octanol–water partition coefficient (Wildman–Crippen LogP) is 3.85. The van der Waals surface area contributed by atoms with Crippen LogP contribution in [0, 0.1) is 5.92 Å². The molecule has 21 heavy (non-hydrogen) atoms. The fraction of sp³-hybridized carbons (Fsp3) is 0.400. The molecule has 0 heterocycles. The van der Waals surface area contributed by atoms with Crippen LogP contribution >= 0.6 is 0 Å². The number of benzene rings is 2. The standard InChI is InChI=1S/C20H23N/c1-21-20-18(13-17-5-2-3-8-19(17)20)12-14-9-10-15-6-4-7-16(15)11-14/h2-3,5,8-11,18,20-21H,4,6-7,12-13H2,1H3. The van der Waals surface area contributed by atoms with Crippen molar-refractivity contribution in [3.63, 3.8) is 0 Å². The summed E-state index contributed by atoms with van der Waals surface area (Å²) in [5.41, 5.74) is 7.74. The molecule has 2 aromatic carbocycles. The zero-order valence-corrected chi connectivity index (χ0v) is 12.7. The molecular formula is C20H23N. The first-order chi connectivity index (χ1) is 10.3. The topological polar surface area (TPSA) is 12.0 Å². The van der Waals surface area contributed by atoms with Crippen LogP contribution in [0.3, 0.4) is 0 Å². The fourth-order valence-corrected chi connectivity index (χ4v) is 4.31. The summed E-state index contributed by atoms with van der Waals surface area (Å²) in [6, 6.07) is 16.6. The summed E-state index contributed by atoms with van der Waals surface area (Å²) in [6.07, 6.45) is 6.30. The molecule has 4 rings (SSSR count). The van der Waals surface area contributed by atoms with Gasteiger partial charge in [0.1, 0.15) is 0 Å². The van der Waals surface area contributed by atoms with Crippen molar-refractivity contribution in [2.45, 2.75) is 38.1 Å². The second-order valence-electron chi connectivity index (χ2n) is 6.59. The van der Waals surface area contributed by atoms with Gasteiger partial charge in [-0.1, -0.05) is 42.5 Å². The Morgan fingerprint density at radius 3 is 2.76 bits per heavy atom. The fourth-order valence-electron chi connectivity index (χ4n) is 4.31. The molecule has 1 N–H and O–H groups in total. The molecule has 0 saturated carbocycles. The van der Waals surface area contributed by atoms with Crippen LogP contribution in [0.15, 0.2) is 42.5 Å². The first kappa shape index (κ1) is 13.1. The van der Waals surface area contributed by atoms with E-state index in [9.17, 15) is 0 Å². The number of hydrogen-bond acceptors (Lipinski definition) is 1. The Balaban J connectivity index is 1.58. The Hall–Kier alpha value is -1.60. The lowest BCUT2D eigenvalue weighted by Gasteiger charge is -2.20.